The van der Waals surface area contributed by atoms with Gasteiger partial charge in [0.05, 0.1) is 0 Å². The van der Waals surface area contributed by atoms with Crippen LogP contribution in [0, 0.1) is 6.92 Å². The summed E-state index contributed by atoms with van der Waals surface area (Å²) in [5.41, 5.74) is 3.30. The van der Waals surface area contributed by atoms with Gasteiger partial charge in [0.15, 0.2) is 0 Å². The van der Waals surface area contributed by atoms with Gasteiger partial charge >= 0.3 is 0 Å². The summed E-state index contributed by atoms with van der Waals surface area (Å²) in [5.74, 6) is 0. The van der Waals surface area contributed by atoms with Gasteiger partial charge in [-0.15, -0.1) is 0 Å². The number of alkyl halides is 1. The average Bonchev–Trinajstić information content (AvgIpc) is 2.35. The minimum absolute atomic E-state index is 0.165. The third kappa shape index (κ3) is 3.56. The van der Waals surface area contributed by atoms with E-state index >= 15 is 0 Å². The molecule has 0 saturated heterocycles. The van der Waals surface area contributed by atoms with E-state index in [1.165, 1.54) is 5.56 Å². The molecule has 0 bridgehead atoms. The van der Waals surface area contributed by atoms with Crippen LogP contribution in [0.4, 0.5) is 0 Å². The SMILES string of the molecule is Cc1ccc(CC(Br)c2cc(Br)ccc2Cl)nc1. The van der Waals surface area contributed by atoms with Crippen LogP contribution in [0.15, 0.2) is 41.0 Å². The lowest BCUT2D eigenvalue weighted by molar-refractivity contribution is 0.901. The normalized spacial score (nSPS) is 12.4. The molecule has 2 aromatic rings. The first-order valence-corrected chi connectivity index (χ1v) is 7.65. The van der Waals surface area contributed by atoms with Gasteiger partial charge in [0.1, 0.15) is 0 Å². The van der Waals surface area contributed by atoms with Crippen molar-refractivity contribution in [3.8, 4) is 0 Å². The molecule has 4 heteroatoms. The van der Waals surface area contributed by atoms with Crippen molar-refractivity contribution in [3.05, 3.63) is 62.8 Å². The van der Waals surface area contributed by atoms with Gasteiger partial charge in [0, 0.05) is 32.6 Å². The van der Waals surface area contributed by atoms with Gasteiger partial charge in [-0.1, -0.05) is 49.5 Å². The number of rotatable bonds is 3. The summed E-state index contributed by atoms with van der Waals surface area (Å²) < 4.78 is 1.03. The van der Waals surface area contributed by atoms with E-state index < -0.39 is 0 Å². The number of benzene rings is 1. The lowest BCUT2D eigenvalue weighted by atomic mass is 10.1. The molecule has 1 aromatic carbocycles. The zero-order valence-electron chi connectivity index (χ0n) is 9.83. The largest absolute Gasteiger partial charge is 0.261 e. The summed E-state index contributed by atoms with van der Waals surface area (Å²) in [6, 6.07) is 10.0. The Bertz CT molecular complexity index is 540. The molecule has 0 aliphatic heterocycles. The zero-order valence-corrected chi connectivity index (χ0v) is 13.8. The number of halogens is 3. The number of hydrogen-bond acceptors (Lipinski definition) is 1. The van der Waals surface area contributed by atoms with Crippen LogP contribution in [0.25, 0.3) is 0 Å². The Morgan fingerprint density at radius 3 is 2.72 bits per heavy atom. The fourth-order valence-corrected chi connectivity index (χ4v) is 3.14. The van der Waals surface area contributed by atoms with E-state index in [1.54, 1.807) is 0 Å². The van der Waals surface area contributed by atoms with Gasteiger partial charge in [0.2, 0.25) is 0 Å². The van der Waals surface area contributed by atoms with Gasteiger partial charge in [-0.05, 0) is 42.3 Å². The molecule has 0 saturated carbocycles. The molecule has 2 rings (SSSR count). The Hall–Kier alpha value is -0.380. The van der Waals surface area contributed by atoms with Gasteiger partial charge < -0.3 is 0 Å². The summed E-state index contributed by atoms with van der Waals surface area (Å²) in [6.45, 7) is 2.04. The maximum absolute atomic E-state index is 6.21. The van der Waals surface area contributed by atoms with E-state index in [1.807, 2.05) is 31.3 Å². The third-order valence-electron chi connectivity index (χ3n) is 2.66. The van der Waals surface area contributed by atoms with Crippen LogP contribution in [0.2, 0.25) is 5.02 Å². The second-order valence-electron chi connectivity index (χ2n) is 4.16. The van der Waals surface area contributed by atoms with E-state index in [9.17, 15) is 0 Å². The van der Waals surface area contributed by atoms with Crippen molar-refractivity contribution in [2.45, 2.75) is 18.2 Å². The summed E-state index contributed by atoms with van der Waals surface area (Å²) in [6.07, 6.45) is 2.70. The lowest BCUT2D eigenvalue weighted by Gasteiger charge is -2.12. The molecule has 0 aliphatic carbocycles. The molecule has 1 atom stereocenters. The molecule has 0 amide bonds. The molecule has 1 heterocycles. The molecule has 94 valence electrons. The number of hydrogen-bond donors (Lipinski definition) is 0. The van der Waals surface area contributed by atoms with Crippen molar-refractivity contribution in [3.63, 3.8) is 0 Å². The Morgan fingerprint density at radius 1 is 1.28 bits per heavy atom. The highest BCUT2D eigenvalue weighted by Gasteiger charge is 2.13. The van der Waals surface area contributed by atoms with Crippen LogP contribution in [0.3, 0.4) is 0 Å². The van der Waals surface area contributed by atoms with Gasteiger partial charge in [0.25, 0.3) is 0 Å². The number of nitrogens with zero attached hydrogens (tertiary/aromatic N) is 1. The molecule has 0 aliphatic rings. The number of aryl methyl sites for hydroxylation is 1. The van der Waals surface area contributed by atoms with E-state index in [0.717, 1.165) is 27.2 Å². The number of aromatic nitrogens is 1. The van der Waals surface area contributed by atoms with Crippen LogP contribution in [0.5, 0.6) is 0 Å². The molecule has 1 aromatic heterocycles. The van der Waals surface area contributed by atoms with Crippen LogP contribution >= 0.6 is 43.5 Å². The van der Waals surface area contributed by atoms with Crippen molar-refractivity contribution in [1.82, 2.24) is 4.98 Å². The topological polar surface area (TPSA) is 12.9 Å². The fourth-order valence-electron chi connectivity index (χ4n) is 1.67. The monoisotopic (exact) mass is 387 g/mol. The van der Waals surface area contributed by atoms with E-state index in [2.05, 4.69) is 49.0 Å². The smallest absolute Gasteiger partial charge is 0.0465 e. The Morgan fingerprint density at radius 2 is 2.06 bits per heavy atom. The third-order valence-corrected chi connectivity index (χ3v) is 4.31. The minimum atomic E-state index is 0.165. The Labute approximate surface area is 129 Å². The maximum atomic E-state index is 6.21. The van der Waals surface area contributed by atoms with Crippen LogP contribution in [0.1, 0.15) is 21.6 Å². The molecule has 18 heavy (non-hydrogen) atoms. The molecule has 0 N–H and O–H groups in total. The van der Waals surface area contributed by atoms with E-state index in [4.69, 9.17) is 11.6 Å². The molecular formula is C14H12Br2ClN. The molecule has 0 spiro atoms. The summed E-state index contributed by atoms with van der Waals surface area (Å²) in [5, 5.41) is 0.771. The van der Waals surface area contributed by atoms with Crippen molar-refractivity contribution in [1.29, 1.82) is 0 Å². The summed E-state index contributed by atoms with van der Waals surface area (Å²) >= 11 is 13.4. The van der Waals surface area contributed by atoms with Crippen LogP contribution in [-0.2, 0) is 6.42 Å². The van der Waals surface area contributed by atoms with Crippen molar-refractivity contribution < 1.29 is 0 Å². The summed E-state index contributed by atoms with van der Waals surface area (Å²) in [4.78, 5) is 4.58. The first-order chi connectivity index (χ1) is 8.56. The van der Waals surface area contributed by atoms with Gasteiger partial charge in [-0.3, -0.25) is 4.98 Å². The Balaban J connectivity index is 2.18. The molecular weight excluding hydrogens is 377 g/mol. The standard InChI is InChI=1S/C14H12Br2ClN/c1-9-2-4-11(18-8-9)7-13(16)12-6-10(15)3-5-14(12)17/h2-6,8,13H,7H2,1H3. The predicted molar refractivity (Wildman–Crippen MR) is 83.5 cm³/mol. The minimum Gasteiger partial charge on any atom is -0.261 e. The second-order valence-corrected chi connectivity index (χ2v) is 6.59. The number of pyridine rings is 1. The quantitative estimate of drug-likeness (QED) is 0.633. The van der Waals surface area contributed by atoms with Crippen molar-refractivity contribution in [2.24, 2.45) is 0 Å². The maximum Gasteiger partial charge on any atom is 0.0465 e. The molecule has 0 fully saturated rings. The van der Waals surface area contributed by atoms with Gasteiger partial charge in [-0.25, -0.2) is 0 Å². The highest BCUT2D eigenvalue weighted by Crippen LogP contribution is 2.33. The highest BCUT2D eigenvalue weighted by molar-refractivity contribution is 9.10. The second kappa shape index (κ2) is 6.18. The molecule has 1 nitrogen and oxygen atoms in total. The molecule has 1 unspecified atom stereocenters. The van der Waals surface area contributed by atoms with E-state index in [-0.39, 0.29) is 4.83 Å². The van der Waals surface area contributed by atoms with Crippen LogP contribution in [-0.4, -0.2) is 4.98 Å². The molecule has 0 radical (unpaired) electrons. The average molecular weight is 390 g/mol. The lowest BCUT2D eigenvalue weighted by Crippen LogP contribution is -1.98. The summed E-state index contributed by atoms with van der Waals surface area (Å²) in [7, 11) is 0. The van der Waals surface area contributed by atoms with Crippen molar-refractivity contribution >= 4 is 43.5 Å². The van der Waals surface area contributed by atoms with Crippen molar-refractivity contribution in [2.75, 3.05) is 0 Å². The Kier molecular flexibility index (Phi) is 4.82. The highest BCUT2D eigenvalue weighted by atomic mass is 79.9. The zero-order chi connectivity index (χ0) is 13.1. The van der Waals surface area contributed by atoms with E-state index in [0.29, 0.717) is 0 Å². The van der Waals surface area contributed by atoms with Crippen LogP contribution < -0.4 is 0 Å². The first kappa shape index (κ1) is 14.0. The fraction of sp³-hybridized carbons (Fsp3) is 0.214. The predicted octanol–water partition coefficient (Wildman–Crippen LogP) is 5.48. The van der Waals surface area contributed by atoms with Gasteiger partial charge in [-0.2, -0.15) is 0 Å². The first-order valence-electron chi connectivity index (χ1n) is 5.57.